The zero-order valence-electron chi connectivity index (χ0n) is 8.14. The van der Waals surface area contributed by atoms with Crippen LogP contribution in [0.5, 0.6) is 0 Å². The number of rotatable bonds is 3. The van der Waals surface area contributed by atoms with Crippen LogP contribution in [-0.4, -0.2) is 0 Å². The number of hydrogen-bond acceptors (Lipinski definition) is 2. The number of anilines is 1. The van der Waals surface area contributed by atoms with Gasteiger partial charge in [0.2, 0.25) is 0 Å². The molecule has 0 bridgehead atoms. The second-order valence-electron chi connectivity index (χ2n) is 3.20. The number of benzene rings is 1. The van der Waals surface area contributed by atoms with E-state index in [1.807, 2.05) is 23.6 Å². The van der Waals surface area contributed by atoms with Gasteiger partial charge in [0.05, 0.1) is 6.54 Å². The van der Waals surface area contributed by atoms with Gasteiger partial charge in [-0.1, -0.05) is 23.2 Å². The van der Waals surface area contributed by atoms with E-state index in [9.17, 15) is 0 Å². The van der Waals surface area contributed by atoms with Crippen molar-refractivity contribution in [3.05, 3.63) is 49.0 Å². The first-order chi connectivity index (χ1) is 7.65. The molecule has 0 spiro atoms. The van der Waals surface area contributed by atoms with Crippen molar-refractivity contribution in [2.45, 2.75) is 6.54 Å². The van der Waals surface area contributed by atoms with Crippen LogP contribution in [0.2, 0.25) is 10.0 Å². The third-order valence-corrected chi connectivity index (χ3v) is 4.37. The van der Waals surface area contributed by atoms with Crippen molar-refractivity contribution < 1.29 is 0 Å². The summed E-state index contributed by atoms with van der Waals surface area (Å²) in [6.45, 7) is 0.759. The average Bonchev–Trinajstić information content (AvgIpc) is 2.59. The second kappa shape index (κ2) is 5.41. The first-order valence-electron chi connectivity index (χ1n) is 4.57. The Kier molecular flexibility index (Phi) is 4.14. The molecule has 0 unspecified atom stereocenters. The Morgan fingerprint density at radius 1 is 1.19 bits per heavy atom. The molecule has 1 aromatic carbocycles. The minimum Gasteiger partial charge on any atom is -0.380 e. The van der Waals surface area contributed by atoms with Gasteiger partial charge in [-0.3, -0.25) is 0 Å². The lowest BCUT2D eigenvalue weighted by Crippen LogP contribution is -1.97. The fourth-order valence-electron chi connectivity index (χ4n) is 1.29. The molecule has 84 valence electrons. The SMILES string of the molecule is Clc1cc(Cl)cc(NCc2sccc2Br)c1. The van der Waals surface area contributed by atoms with Crippen molar-refractivity contribution in [1.82, 2.24) is 0 Å². The normalized spacial score (nSPS) is 10.4. The average molecular weight is 337 g/mol. The Labute approximate surface area is 117 Å². The molecular weight excluding hydrogens is 329 g/mol. The lowest BCUT2D eigenvalue weighted by atomic mass is 10.3. The van der Waals surface area contributed by atoms with Gasteiger partial charge in [-0.2, -0.15) is 0 Å². The summed E-state index contributed by atoms with van der Waals surface area (Å²) in [6, 6.07) is 7.46. The van der Waals surface area contributed by atoms with E-state index < -0.39 is 0 Å². The van der Waals surface area contributed by atoms with Crippen molar-refractivity contribution in [1.29, 1.82) is 0 Å². The molecule has 16 heavy (non-hydrogen) atoms. The summed E-state index contributed by atoms with van der Waals surface area (Å²) in [5, 5.41) is 6.61. The lowest BCUT2D eigenvalue weighted by molar-refractivity contribution is 1.18. The largest absolute Gasteiger partial charge is 0.380 e. The van der Waals surface area contributed by atoms with Crippen molar-refractivity contribution in [3.63, 3.8) is 0 Å². The summed E-state index contributed by atoms with van der Waals surface area (Å²) < 4.78 is 1.12. The molecule has 5 heteroatoms. The van der Waals surface area contributed by atoms with Crippen LogP contribution >= 0.6 is 50.5 Å². The summed E-state index contributed by atoms with van der Waals surface area (Å²) in [5.74, 6) is 0. The molecule has 0 saturated heterocycles. The molecule has 0 radical (unpaired) electrons. The third kappa shape index (κ3) is 3.14. The van der Waals surface area contributed by atoms with E-state index in [1.165, 1.54) is 4.88 Å². The zero-order chi connectivity index (χ0) is 11.5. The maximum absolute atomic E-state index is 5.91. The Morgan fingerprint density at radius 2 is 1.88 bits per heavy atom. The molecule has 1 heterocycles. The van der Waals surface area contributed by atoms with Crippen LogP contribution in [0.3, 0.4) is 0 Å². The van der Waals surface area contributed by atoms with Gasteiger partial charge >= 0.3 is 0 Å². The highest BCUT2D eigenvalue weighted by Crippen LogP contribution is 2.26. The van der Waals surface area contributed by atoms with Crippen molar-refractivity contribution in [3.8, 4) is 0 Å². The predicted molar refractivity (Wildman–Crippen MR) is 75.8 cm³/mol. The predicted octanol–water partition coefficient (Wildman–Crippen LogP) is 5.43. The van der Waals surface area contributed by atoms with Gasteiger partial charge < -0.3 is 5.32 Å². The van der Waals surface area contributed by atoms with E-state index in [0.717, 1.165) is 16.7 Å². The van der Waals surface area contributed by atoms with Gasteiger partial charge in [0.15, 0.2) is 0 Å². The third-order valence-electron chi connectivity index (χ3n) is 2.01. The molecule has 2 aromatic rings. The van der Waals surface area contributed by atoms with Gasteiger partial charge in [0.25, 0.3) is 0 Å². The Morgan fingerprint density at radius 3 is 2.44 bits per heavy atom. The zero-order valence-corrected chi connectivity index (χ0v) is 12.1. The minimum atomic E-state index is 0.639. The molecule has 0 fully saturated rings. The maximum atomic E-state index is 5.91. The monoisotopic (exact) mass is 335 g/mol. The van der Waals surface area contributed by atoms with Crippen LogP contribution in [0.1, 0.15) is 4.88 Å². The highest BCUT2D eigenvalue weighted by Gasteiger charge is 2.02. The summed E-state index contributed by atoms with van der Waals surface area (Å²) in [7, 11) is 0. The summed E-state index contributed by atoms with van der Waals surface area (Å²) >= 11 is 17.0. The van der Waals surface area contributed by atoms with Gasteiger partial charge in [0.1, 0.15) is 0 Å². The second-order valence-corrected chi connectivity index (χ2v) is 5.93. The van der Waals surface area contributed by atoms with Crippen LogP contribution in [-0.2, 0) is 6.54 Å². The van der Waals surface area contributed by atoms with Gasteiger partial charge in [-0.25, -0.2) is 0 Å². The molecule has 0 aliphatic carbocycles. The molecular formula is C11H8BrCl2NS. The van der Waals surface area contributed by atoms with Crippen LogP contribution in [0.15, 0.2) is 34.1 Å². The summed E-state index contributed by atoms with van der Waals surface area (Å²) in [6.07, 6.45) is 0. The van der Waals surface area contributed by atoms with E-state index in [0.29, 0.717) is 10.0 Å². The van der Waals surface area contributed by atoms with E-state index in [-0.39, 0.29) is 0 Å². The van der Waals surface area contributed by atoms with Crippen LogP contribution in [0, 0.1) is 0 Å². The molecule has 1 N–H and O–H groups in total. The van der Waals surface area contributed by atoms with E-state index in [2.05, 4.69) is 21.2 Å². The van der Waals surface area contributed by atoms with Crippen molar-refractivity contribution in [2.24, 2.45) is 0 Å². The molecule has 0 amide bonds. The number of thiophene rings is 1. The van der Waals surface area contributed by atoms with Gasteiger partial charge in [0, 0.05) is 25.1 Å². The first-order valence-corrected chi connectivity index (χ1v) is 7.00. The fraction of sp³-hybridized carbons (Fsp3) is 0.0909. The molecule has 0 aliphatic heterocycles. The smallest absolute Gasteiger partial charge is 0.0505 e. The van der Waals surface area contributed by atoms with Crippen LogP contribution in [0.25, 0.3) is 0 Å². The Hall–Kier alpha value is -0.220. The molecule has 2 rings (SSSR count). The maximum Gasteiger partial charge on any atom is 0.0505 e. The fourth-order valence-corrected chi connectivity index (χ4v) is 3.25. The standard InChI is InChI=1S/C11H8BrCl2NS/c12-10-1-2-16-11(10)6-15-9-4-7(13)3-8(14)5-9/h1-5,15H,6H2. The van der Waals surface area contributed by atoms with E-state index >= 15 is 0 Å². The number of nitrogens with one attached hydrogen (secondary N) is 1. The van der Waals surface area contributed by atoms with E-state index in [4.69, 9.17) is 23.2 Å². The summed E-state index contributed by atoms with van der Waals surface area (Å²) in [5.41, 5.74) is 0.929. The molecule has 0 atom stereocenters. The van der Waals surface area contributed by atoms with Crippen molar-refractivity contribution >= 4 is 56.2 Å². The topological polar surface area (TPSA) is 12.0 Å². The molecule has 0 saturated carbocycles. The van der Waals surface area contributed by atoms with Crippen LogP contribution < -0.4 is 5.32 Å². The molecule has 1 aromatic heterocycles. The number of hydrogen-bond donors (Lipinski definition) is 1. The quantitative estimate of drug-likeness (QED) is 0.788. The van der Waals surface area contributed by atoms with Gasteiger partial charge in [-0.05, 0) is 45.6 Å². The summed E-state index contributed by atoms with van der Waals surface area (Å²) in [4.78, 5) is 1.25. The number of halogens is 3. The first kappa shape index (κ1) is 12.2. The van der Waals surface area contributed by atoms with Gasteiger partial charge in [-0.15, -0.1) is 11.3 Å². The minimum absolute atomic E-state index is 0.639. The lowest BCUT2D eigenvalue weighted by Gasteiger charge is -2.06. The Balaban J connectivity index is 2.07. The molecule has 0 aliphatic rings. The highest BCUT2D eigenvalue weighted by molar-refractivity contribution is 9.10. The highest BCUT2D eigenvalue weighted by atomic mass is 79.9. The molecule has 1 nitrogen and oxygen atoms in total. The van der Waals surface area contributed by atoms with Crippen molar-refractivity contribution in [2.75, 3.05) is 5.32 Å². The van der Waals surface area contributed by atoms with Crippen LogP contribution in [0.4, 0.5) is 5.69 Å². The van der Waals surface area contributed by atoms with E-state index in [1.54, 1.807) is 17.4 Å². The Bertz CT molecular complexity index is 478.